The molecule has 2 amide bonds. The highest BCUT2D eigenvalue weighted by Crippen LogP contribution is 2.32. The summed E-state index contributed by atoms with van der Waals surface area (Å²) in [7, 11) is 0. The summed E-state index contributed by atoms with van der Waals surface area (Å²) < 4.78 is 19.2. The Bertz CT molecular complexity index is 915. The van der Waals surface area contributed by atoms with Crippen molar-refractivity contribution < 1.29 is 23.5 Å². The molecule has 2 aromatic carbocycles. The van der Waals surface area contributed by atoms with Crippen molar-refractivity contribution in [2.24, 2.45) is 5.92 Å². The lowest BCUT2D eigenvalue weighted by atomic mass is 10.1. The van der Waals surface area contributed by atoms with Crippen LogP contribution in [0.25, 0.3) is 0 Å². The molecule has 1 saturated heterocycles. The summed E-state index contributed by atoms with van der Waals surface area (Å²) in [6, 6.07) is 12.3. The first kappa shape index (κ1) is 20.1. The lowest BCUT2D eigenvalue weighted by Crippen LogP contribution is -2.35. The van der Waals surface area contributed by atoms with Gasteiger partial charge in [0.05, 0.1) is 10.8 Å². The predicted molar refractivity (Wildman–Crippen MR) is 105 cm³/mol. The van der Waals surface area contributed by atoms with E-state index in [1.54, 1.807) is 30.3 Å². The minimum Gasteiger partial charge on any atom is -0.423 e. The molecular weight excluding hydrogens is 381 g/mol. The zero-order chi connectivity index (χ0) is 20.3. The van der Waals surface area contributed by atoms with Gasteiger partial charge < -0.3 is 4.74 Å². The van der Waals surface area contributed by atoms with Crippen LogP contribution < -0.4 is 4.74 Å². The van der Waals surface area contributed by atoms with Crippen molar-refractivity contribution in [2.45, 2.75) is 25.5 Å². The van der Waals surface area contributed by atoms with Crippen molar-refractivity contribution in [1.29, 1.82) is 0 Å². The van der Waals surface area contributed by atoms with Gasteiger partial charge in [-0.25, -0.2) is 9.18 Å². The molecule has 0 aromatic heterocycles. The number of para-hydroxylation sites is 1. The Balaban J connectivity index is 1.76. The predicted octanol–water partition coefficient (Wildman–Crippen LogP) is 4.31. The molecule has 146 valence electrons. The Morgan fingerprint density at radius 3 is 2.54 bits per heavy atom. The summed E-state index contributed by atoms with van der Waals surface area (Å²) in [5.74, 6) is -1.28. The smallest absolute Gasteiger partial charge is 0.346 e. The molecule has 0 aliphatic carbocycles. The van der Waals surface area contributed by atoms with Gasteiger partial charge in [0.25, 0.3) is 5.24 Å². The first-order valence-electron chi connectivity index (χ1n) is 8.93. The van der Waals surface area contributed by atoms with Crippen LogP contribution in [0.15, 0.2) is 48.5 Å². The monoisotopic (exact) mass is 401 g/mol. The maximum Gasteiger partial charge on any atom is 0.346 e. The second-order valence-corrected chi connectivity index (χ2v) is 8.05. The lowest BCUT2D eigenvalue weighted by molar-refractivity contribution is -0.127. The summed E-state index contributed by atoms with van der Waals surface area (Å²) in [5, 5.41) is -0.830. The van der Waals surface area contributed by atoms with Crippen LogP contribution in [0, 0.1) is 11.7 Å². The van der Waals surface area contributed by atoms with Crippen LogP contribution in [0.1, 0.15) is 29.8 Å². The number of nitrogens with zero attached hydrogens (tertiary/aromatic N) is 1. The largest absolute Gasteiger partial charge is 0.423 e. The Morgan fingerprint density at radius 2 is 1.82 bits per heavy atom. The number of ether oxygens (including phenoxy) is 1. The van der Waals surface area contributed by atoms with Gasteiger partial charge in [-0.3, -0.25) is 14.5 Å². The topological polar surface area (TPSA) is 63.7 Å². The van der Waals surface area contributed by atoms with E-state index in [-0.39, 0.29) is 34.8 Å². The molecule has 1 aliphatic rings. The first-order chi connectivity index (χ1) is 13.4. The fraction of sp³-hybridized carbons (Fsp3) is 0.286. The Morgan fingerprint density at radius 1 is 1.14 bits per heavy atom. The molecular formula is C21H20FNO4S. The molecule has 0 saturated carbocycles. The summed E-state index contributed by atoms with van der Waals surface area (Å²) >= 11 is 0.982. The third kappa shape index (κ3) is 4.42. The van der Waals surface area contributed by atoms with Crippen LogP contribution in [-0.2, 0) is 11.2 Å². The van der Waals surface area contributed by atoms with E-state index in [0.717, 1.165) is 11.8 Å². The number of esters is 1. The number of carbonyl (C=O) groups excluding carboxylic acids is 3. The SMILES string of the molecule is CC(C)CN1C(=O)SC(Cc2ccccc2OC(=O)c2ccccc2F)C1=O. The maximum absolute atomic E-state index is 13.8. The number of hydrogen-bond donors (Lipinski definition) is 0. The van der Waals surface area contributed by atoms with Gasteiger partial charge in [-0.1, -0.05) is 55.9 Å². The van der Waals surface area contributed by atoms with Crippen molar-refractivity contribution in [2.75, 3.05) is 6.54 Å². The molecule has 0 radical (unpaired) electrons. The van der Waals surface area contributed by atoms with Crippen LogP contribution >= 0.6 is 11.8 Å². The molecule has 0 bridgehead atoms. The number of rotatable bonds is 6. The molecule has 2 aromatic rings. The molecule has 3 rings (SSSR count). The van der Waals surface area contributed by atoms with Gasteiger partial charge in [0, 0.05) is 6.54 Å². The molecule has 1 aliphatic heterocycles. The first-order valence-corrected chi connectivity index (χ1v) is 9.81. The molecule has 1 heterocycles. The highest BCUT2D eigenvalue weighted by molar-refractivity contribution is 8.15. The van der Waals surface area contributed by atoms with Crippen molar-refractivity contribution in [1.82, 2.24) is 4.90 Å². The van der Waals surface area contributed by atoms with Crippen molar-refractivity contribution in [3.63, 3.8) is 0 Å². The van der Waals surface area contributed by atoms with E-state index < -0.39 is 17.0 Å². The van der Waals surface area contributed by atoms with Gasteiger partial charge in [0.2, 0.25) is 5.91 Å². The molecule has 5 nitrogen and oxygen atoms in total. The maximum atomic E-state index is 13.8. The van der Waals surface area contributed by atoms with Crippen molar-refractivity contribution in [3.8, 4) is 5.75 Å². The molecule has 7 heteroatoms. The number of thioether (sulfide) groups is 1. The average Bonchev–Trinajstić information content (AvgIpc) is 2.90. The second kappa shape index (κ2) is 8.56. The standard InChI is InChI=1S/C21H20FNO4S/c1-13(2)12-23-19(24)18(28-21(23)26)11-14-7-3-6-10-17(14)27-20(25)15-8-4-5-9-16(15)22/h3-10,13,18H,11-12H2,1-2H3. The van der Waals surface area contributed by atoms with E-state index in [4.69, 9.17) is 4.74 Å². The zero-order valence-corrected chi connectivity index (χ0v) is 16.4. The van der Waals surface area contributed by atoms with Gasteiger partial charge in [-0.05, 0) is 36.1 Å². The second-order valence-electron chi connectivity index (χ2n) is 6.90. The fourth-order valence-corrected chi connectivity index (χ4v) is 3.94. The summed E-state index contributed by atoms with van der Waals surface area (Å²) in [5.41, 5.74) is 0.444. The Hall–Kier alpha value is -2.67. The van der Waals surface area contributed by atoms with Crippen molar-refractivity contribution >= 4 is 28.9 Å². The zero-order valence-electron chi connectivity index (χ0n) is 15.6. The van der Waals surface area contributed by atoms with Crippen LogP contribution in [0.3, 0.4) is 0 Å². The number of amides is 2. The van der Waals surface area contributed by atoms with Gasteiger partial charge >= 0.3 is 5.97 Å². The number of hydrogen-bond acceptors (Lipinski definition) is 5. The normalized spacial score (nSPS) is 16.7. The van der Waals surface area contributed by atoms with E-state index in [1.807, 2.05) is 13.8 Å². The number of carbonyl (C=O) groups is 3. The van der Waals surface area contributed by atoms with E-state index in [9.17, 15) is 18.8 Å². The highest BCUT2D eigenvalue weighted by Gasteiger charge is 2.40. The van der Waals surface area contributed by atoms with Gasteiger partial charge in [0.15, 0.2) is 0 Å². The molecule has 0 spiro atoms. The quantitative estimate of drug-likeness (QED) is 0.533. The van der Waals surface area contributed by atoms with Crippen LogP contribution in [0.5, 0.6) is 5.75 Å². The van der Waals surface area contributed by atoms with E-state index in [2.05, 4.69) is 0 Å². The molecule has 28 heavy (non-hydrogen) atoms. The number of imide groups is 1. The summed E-state index contributed by atoms with van der Waals surface area (Å²) in [4.78, 5) is 38.3. The minimum atomic E-state index is -0.812. The Kier molecular flexibility index (Phi) is 6.14. The minimum absolute atomic E-state index is 0.165. The van der Waals surface area contributed by atoms with E-state index in [1.165, 1.54) is 23.1 Å². The third-order valence-electron chi connectivity index (χ3n) is 4.23. The number of halogens is 1. The van der Waals surface area contributed by atoms with E-state index >= 15 is 0 Å². The molecule has 0 N–H and O–H groups in total. The summed E-state index contributed by atoms with van der Waals surface area (Å²) in [6.45, 7) is 4.26. The highest BCUT2D eigenvalue weighted by atomic mass is 32.2. The van der Waals surface area contributed by atoms with E-state index in [0.29, 0.717) is 12.1 Å². The van der Waals surface area contributed by atoms with Crippen LogP contribution in [0.2, 0.25) is 0 Å². The summed E-state index contributed by atoms with van der Waals surface area (Å²) in [6.07, 6.45) is 0.241. The molecule has 1 atom stereocenters. The van der Waals surface area contributed by atoms with Gasteiger partial charge in [-0.15, -0.1) is 0 Å². The molecule has 1 fully saturated rings. The lowest BCUT2D eigenvalue weighted by Gasteiger charge is -2.16. The number of benzene rings is 2. The Labute approximate surface area is 166 Å². The average molecular weight is 401 g/mol. The van der Waals surface area contributed by atoms with Crippen LogP contribution in [-0.4, -0.2) is 33.8 Å². The third-order valence-corrected chi connectivity index (χ3v) is 5.30. The van der Waals surface area contributed by atoms with Crippen LogP contribution in [0.4, 0.5) is 9.18 Å². The molecule has 1 unspecified atom stereocenters. The van der Waals surface area contributed by atoms with Crippen molar-refractivity contribution in [3.05, 3.63) is 65.5 Å². The fourth-order valence-electron chi connectivity index (χ4n) is 2.91. The van der Waals surface area contributed by atoms with Gasteiger partial charge in [-0.2, -0.15) is 0 Å². The van der Waals surface area contributed by atoms with Gasteiger partial charge in [0.1, 0.15) is 11.6 Å².